The molecule has 5 heteroatoms. The van der Waals surface area contributed by atoms with E-state index in [-0.39, 0.29) is 11.9 Å². The lowest BCUT2D eigenvalue weighted by Crippen LogP contribution is -2.40. The predicted molar refractivity (Wildman–Crippen MR) is 74.8 cm³/mol. The zero-order valence-corrected chi connectivity index (χ0v) is 13.0. The summed E-state index contributed by atoms with van der Waals surface area (Å²) in [7, 11) is -1.86. The Labute approximate surface area is 112 Å². The summed E-state index contributed by atoms with van der Waals surface area (Å²) < 4.78 is 16.5. The second-order valence-corrected chi connectivity index (χ2v) is 6.39. The van der Waals surface area contributed by atoms with Gasteiger partial charge in [0.15, 0.2) is 5.91 Å². The van der Waals surface area contributed by atoms with Crippen molar-refractivity contribution in [2.75, 3.05) is 13.2 Å². The number of rotatable bonds is 11. The topological polar surface area (TPSA) is 44.8 Å². The van der Waals surface area contributed by atoms with Crippen LogP contribution in [-0.4, -0.2) is 34.1 Å². The number of carbonyl (C=O) groups is 1. The highest BCUT2D eigenvalue weighted by Gasteiger charge is 2.28. The van der Waals surface area contributed by atoms with Gasteiger partial charge in [-0.1, -0.05) is 32.8 Å². The standard InChI is InChI=1S/C13H26O4Si/c1-5-9-10-11-18(17-12(14)6-2)13(15-7-3)16-8-4/h6,13,18H,2,5,7-11H2,1,3-4H3. The van der Waals surface area contributed by atoms with Crippen LogP contribution in [0.5, 0.6) is 0 Å². The molecule has 106 valence electrons. The zero-order chi connectivity index (χ0) is 13.8. The molecule has 0 aromatic carbocycles. The number of hydrogen-bond donors (Lipinski definition) is 0. The quantitative estimate of drug-likeness (QED) is 0.251. The lowest BCUT2D eigenvalue weighted by molar-refractivity contribution is -0.133. The van der Waals surface area contributed by atoms with Crippen LogP contribution < -0.4 is 0 Å². The molecule has 0 bridgehead atoms. The molecule has 0 aliphatic carbocycles. The number of ether oxygens (including phenoxy) is 2. The third-order valence-corrected chi connectivity index (χ3v) is 5.00. The molecule has 0 amide bonds. The van der Waals surface area contributed by atoms with Gasteiger partial charge in [0.25, 0.3) is 9.04 Å². The smallest absolute Gasteiger partial charge is 0.316 e. The summed E-state index contributed by atoms with van der Waals surface area (Å²) in [6.07, 6.45) is 4.54. The van der Waals surface area contributed by atoms with E-state index in [0.29, 0.717) is 13.2 Å². The van der Waals surface area contributed by atoms with E-state index in [9.17, 15) is 4.79 Å². The lowest BCUT2D eigenvalue weighted by Gasteiger charge is -2.24. The fraction of sp³-hybridized carbons (Fsp3) is 0.769. The van der Waals surface area contributed by atoms with Crippen molar-refractivity contribution in [3.63, 3.8) is 0 Å². The van der Waals surface area contributed by atoms with Gasteiger partial charge in [-0.05, 0) is 19.9 Å². The van der Waals surface area contributed by atoms with E-state index in [1.54, 1.807) is 0 Å². The van der Waals surface area contributed by atoms with Gasteiger partial charge in [0.05, 0.1) is 0 Å². The van der Waals surface area contributed by atoms with Crippen molar-refractivity contribution in [1.29, 1.82) is 0 Å². The first-order valence-corrected chi connectivity index (χ1v) is 8.71. The molecular weight excluding hydrogens is 248 g/mol. The highest BCUT2D eigenvalue weighted by molar-refractivity contribution is 6.55. The van der Waals surface area contributed by atoms with E-state index >= 15 is 0 Å². The average molecular weight is 274 g/mol. The molecule has 4 nitrogen and oxygen atoms in total. The van der Waals surface area contributed by atoms with Gasteiger partial charge < -0.3 is 13.9 Å². The molecule has 1 atom stereocenters. The second-order valence-electron chi connectivity index (χ2n) is 3.95. The Balaban J connectivity index is 4.45. The molecule has 0 spiro atoms. The van der Waals surface area contributed by atoms with E-state index in [4.69, 9.17) is 13.9 Å². The summed E-state index contributed by atoms with van der Waals surface area (Å²) in [6, 6.07) is 0.887. The third kappa shape index (κ3) is 7.63. The maximum atomic E-state index is 11.4. The molecule has 1 unspecified atom stereocenters. The van der Waals surface area contributed by atoms with Gasteiger partial charge in [0, 0.05) is 19.3 Å². The third-order valence-electron chi connectivity index (χ3n) is 2.49. The molecule has 0 aliphatic rings. The molecule has 0 N–H and O–H groups in total. The average Bonchev–Trinajstić information content (AvgIpc) is 2.37. The largest absolute Gasteiger partial charge is 0.513 e. The van der Waals surface area contributed by atoms with Crippen LogP contribution in [0, 0.1) is 0 Å². The minimum absolute atomic E-state index is 0.347. The van der Waals surface area contributed by atoms with Crippen LogP contribution in [0.15, 0.2) is 12.7 Å². The first kappa shape index (κ1) is 17.3. The Kier molecular flexibility index (Phi) is 11.0. The highest BCUT2D eigenvalue weighted by atomic mass is 28.3. The van der Waals surface area contributed by atoms with Crippen LogP contribution in [0.25, 0.3) is 0 Å². The second kappa shape index (κ2) is 11.4. The normalized spacial score (nSPS) is 12.4. The van der Waals surface area contributed by atoms with Gasteiger partial charge in [0.1, 0.15) is 0 Å². The molecule has 0 heterocycles. The lowest BCUT2D eigenvalue weighted by atomic mass is 10.3. The summed E-state index contributed by atoms with van der Waals surface area (Å²) >= 11 is 0. The minimum Gasteiger partial charge on any atom is -0.513 e. The monoisotopic (exact) mass is 274 g/mol. The Morgan fingerprint density at radius 1 is 1.22 bits per heavy atom. The molecular formula is C13H26O4Si. The van der Waals surface area contributed by atoms with Crippen molar-refractivity contribution in [1.82, 2.24) is 0 Å². The van der Waals surface area contributed by atoms with Crippen LogP contribution >= 0.6 is 0 Å². The Hall–Kier alpha value is -0.653. The fourth-order valence-electron chi connectivity index (χ4n) is 1.63. The van der Waals surface area contributed by atoms with Crippen molar-refractivity contribution < 1.29 is 18.7 Å². The number of unbranched alkanes of at least 4 members (excludes halogenated alkanes) is 2. The fourth-order valence-corrected chi connectivity index (χ4v) is 4.04. The summed E-state index contributed by atoms with van der Waals surface area (Å²) in [5.74, 6) is -0.715. The molecule has 0 aromatic heterocycles. The van der Waals surface area contributed by atoms with E-state index in [0.717, 1.165) is 25.3 Å². The van der Waals surface area contributed by atoms with Crippen LogP contribution in [0.1, 0.15) is 40.0 Å². The van der Waals surface area contributed by atoms with Crippen LogP contribution in [-0.2, 0) is 18.7 Å². The van der Waals surface area contributed by atoms with E-state index in [1.165, 1.54) is 6.08 Å². The Bertz CT molecular complexity index is 227. The zero-order valence-electron chi connectivity index (χ0n) is 11.8. The first-order chi connectivity index (χ1) is 8.69. The Morgan fingerprint density at radius 3 is 2.28 bits per heavy atom. The van der Waals surface area contributed by atoms with Gasteiger partial charge >= 0.3 is 5.97 Å². The van der Waals surface area contributed by atoms with E-state index in [2.05, 4.69) is 13.5 Å². The van der Waals surface area contributed by atoms with E-state index in [1.807, 2.05) is 13.8 Å². The maximum Gasteiger partial charge on any atom is 0.316 e. The van der Waals surface area contributed by atoms with Crippen molar-refractivity contribution in [3.8, 4) is 0 Å². The number of hydrogen-bond acceptors (Lipinski definition) is 4. The molecule has 0 aliphatic heterocycles. The first-order valence-electron chi connectivity index (χ1n) is 6.75. The summed E-state index contributed by atoms with van der Waals surface area (Å²) in [5.41, 5.74) is 0. The van der Waals surface area contributed by atoms with Gasteiger partial charge in [-0.3, -0.25) is 0 Å². The van der Waals surface area contributed by atoms with Crippen LogP contribution in [0.4, 0.5) is 0 Å². The SMILES string of the molecule is C=CC(=O)O[SiH](CCCCC)C(OCC)OCC. The highest BCUT2D eigenvalue weighted by Crippen LogP contribution is 2.13. The van der Waals surface area contributed by atoms with Gasteiger partial charge in [-0.2, -0.15) is 0 Å². The van der Waals surface area contributed by atoms with Crippen LogP contribution in [0.3, 0.4) is 0 Å². The molecule has 0 aromatic rings. The van der Waals surface area contributed by atoms with Gasteiger partial charge in [0.2, 0.25) is 0 Å². The molecule has 18 heavy (non-hydrogen) atoms. The predicted octanol–water partition coefficient (Wildman–Crippen LogP) is 2.57. The summed E-state index contributed by atoms with van der Waals surface area (Å²) in [6.45, 7) is 10.5. The summed E-state index contributed by atoms with van der Waals surface area (Å²) in [4.78, 5) is 11.4. The molecule has 0 radical (unpaired) electrons. The molecule has 0 rings (SSSR count). The minimum atomic E-state index is -1.86. The molecule has 0 fully saturated rings. The van der Waals surface area contributed by atoms with Crippen molar-refractivity contribution in [3.05, 3.63) is 12.7 Å². The maximum absolute atomic E-state index is 11.4. The number of carbonyl (C=O) groups excluding carboxylic acids is 1. The van der Waals surface area contributed by atoms with Crippen molar-refractivity contribution in [2.24, 2.45) is 0 Å². The Morgan fingerprint density at radius 2 is 1.83 bits per heavy atom. The van der Waals surface area contributed by atoms with Crippen LogP contribution in [0.2, 0.25) is 6.04 Å². The molecule has 0 saturated carbocycles. The van der Waals surface area contributed by atoms with Gasteiger partial charge in [-0.25, -0.2) is 4.79 Å². The van der Waals surface area contributed by atoms with Gasteiger partial charge in [-0.15, -0.1) is 0 Å². The van der Waals surface area contributed by atoms with E-state index < -0.39 is 9.04 Å². The molecule has 0 saturated heterocycles. The van der Waals surface area contributed by atoms with Crippen molar-refractivity contribution >= 4 is 15.0 Å². The summed E-state index contributed by atoms with van der Waals surface area (Å²) in [5, 5.41) is 0. The van der Waals surface area contributed by atoms with Crippen molar-refractivity contribution in [2.45, 2.75) is 52.0 Å².